The largest absolute Gasteiger partial charge is 0.316 e. The number of likely N-dealkylation sites (N-methyl/N-ethyl adjacent to an activating group) is 1. The van der Waals surface area contributed by atoms with Crippen LogP contribution in [-0.4, -0.2) is 23.8 Å². The number of aromatic nitrogens is 1. The number of aryl methyl sites for hydroxylation is 1. The van der Waals surface area contributed by atoms with Gasteiger partial charge in [0.2, 0.25) is 0 Å². The fraction of sp³-hybridized carbons (Fsp3) is 0.353. The maximum atomic E-state index is 4.55. The van der Waals surface area contributed by atoms with E-state index in [1.807, 2.05) is 25.0 Å². The molecular weight excluding hydrogens is 344 g/mol. The summed E-state index contributed by atoms with van der Waals surface area (Å²) in [5, 5.41) is 3.39. The summed E-state index contributed by atoms with van der Waals surface area (Å²) in [6.45, 7) is 2.15. The lowest BCUT2D eigenvalue weighted by atomic mass is 10.1. The minimum atomic E-state index is 0.425. The number of halogens is 1. The normalized spacial score (nSPS) is 12.3. The van der Waals surface area contributed by atoms with E-state index in [0.717, 1.165) is 28.8 Å². The van der Waals surface area contributed by atoms with Crippen LogP contribution in [-0.2, 0) is 12.8 Å². The van der Waals surface area contributed by atoms with E-state index in [1.165, 1.54) is 10.5 Å². The van der Waals surface area contributed by atoms with E-state index in [0.29, 0.717) is 6.04 Å². The van der Waals surface area contributed by atoms with Gasteiger partial charge in [-0.05, 0) is 43.3 Å². The van der Waals surface area contributed by atoms with Crippen LogP contribution in [0.5, 0.6) is 0 Å². The van der Waals surface area contributed by atoms with Crippen LogP contribution in [0.4, 0.5) is 0 Å². The Kier molecular flexibility index (Phi) is 6.74. The Hall–Kier alpha value is -0.840. The van der Waals surface area contributed by atoms with Crippen LogP contribution in [0, 0.1) is 0 Å². The summed E-state index contributed by atoms with van der Waals surface area (Å²) in [7, 11) is 2.02. The standard InChI is InChI=1S/C17H21BrN2S/c1-3-13-7-8-15(20-11-13)10-16(19-2)12-21-17-6-4-5-14(18)9-17/h4-9,11,16,19H,3,10,12H2,1-2H3. The molecule has 2 rings (SSSR count). The Morgan fingerprint density at radius 2 is 2.14 bits per heavy atom. The molecule has 4 heteroatoms. The summed E-state index contributed by atoms with van der Waals surface area (Å²) >= 11 is 5.39. The molecule has 0 bridgehead atoms. The smallest absolute Gasteiger partial charge is 0.0419 e. The summed E-state index contributed by atoms with van der Waals surface area (Å²) in [6, 6.07) is 13.2. The van der Waals surface area contributed by atoms with Crippen LogP contribution in [0.15, 0.2) is 52.0 Å². The number of nitrogens with zero attached hydrogens (tertiary/aromatic N) is 1. The molecule has 1 atom stereocenters. The second kappa shape index (κ2) is 8.57. The Morgan fingerprint density at radius 3 is 2.76 bits per heavy atom. The molecule has 2 nitrogen and oxygen atoms in total. The highest BCUT2D eigenvalue weighted by molar-refractivity contribution is 9.10. The average molecular weight is 365 g/mol. The fourth-order valence-corrected chi connectivity index (χ4v) is 3.65. The first-order valence-electron chi connectivity index (χ1n) is 7.20. The molecule has 1 unspecified atom stereocenters. The Balaban J connectivity index is 1.90. The molecule has 0 aliphatic carbocycles. The SMILES string of the molecule is CCc1ccc(CC(CSc2cccc(Br)c2)NC)nc1. The molecule has 21 heavy (non-hydrogen) atoms. The number of hydrogen-bond donors (Lipinski definition) is 1. The first kappa shape index (κ1) is 16.5. The van der Waals surface area contributed by atoms with Crippen molar-refractivity contribution >= 4 is 27.7 Å². The van der Waals surface area contributed by atoms with Crippen LogP contribution >= 0.6 is 27.7 Å². The van der Waals surface area contributed by atoms with Crippen LogP contribution in [0.3, 0.4) is 0 Å². The maximum absolute atomic E-state index is 4.55. The first-order chi connectivity index (χ1) is 10.2. The first-order valence-corrected chi connectivity index (χ1v) is 8.98. The molecule has 2 aromatic rings. The molecule has 0 fully saturated rings. The second-order valence-electron chi connectivity index (χ2n) is 4.97. The van der Waals surface area contributed by atoms with Gasteiger partial charge in [-0.25, -0.2) is 0 Å². The van der Waals surface area contributed by atoms with E-state index in [1.54, 1.807) is 0 Å². The van der Waals surface area contributed by atoms with Gasteiger partial charge < -0.3 is 5.32 Å². The fourth-order valence-electron chi connectivity index (χ4n) is 2.04. The van der Waals surface area contributed by atoms with Gasteiger partial charge >= 0.3 is 0 Å². The third kappa shape index (κ3) is 5.46. The van der Waals surface area contributed by atoms with Gasteiger partial charge in [-0.1, -0.05) is 35.0 Å². The summed E-state index contributed by atoms with van der Waals surface area (Å²) in [5.41, 5.74) is 2.45. The minimum absolute atomic E-state index is 0.425. The van der Waals surface area contributed by atoms with Gasteiger partial charge in [-0.15, -0.1) is 11.8 Å². The Morgan fingerprint density at radius 1 is 1.29 bits per heavy atom. The topological polar surface area (TPSA) is 24.9 Å². The van der Waals surface area contributed by atoms with E-state index in [-0.39, 0.29) is 0 Å². The van der Waals surface area contributed by atoms with E-state index in [2.05, 4.69) is 69.6 Å². The number of nitrogens with one attached hydrogen (secondary N) is 1. The van der Waals surface area contributed by atoms with Crippen molar-refractivity contribution in [3.63, 3.8) is 0 Å². The lowest BCUT2D eigenvalue weighted by Crippen LogP contribution is -2.30. The minimum Gasteiger partial charge on any atom is -0.316 e. The molecule has 0 saturated carbocycles. The molecule has 0 spiro atoms. The molecule has 0 aliphatic rings. The monoisotopic (exact) mass is 364 g/mol. The summed E-state index contributed by atoms with van der Waals surface area (Å²) in [5.74, 6) is 1.03. The van der Waals surface area contributed by atoms with Gasteiger partial charge in [0, 0.05) is 39.5 Å². The highest BCUT2D eigenvalue weighted by Crippen LogP contribution is 2.23. The van der Waals surface area contributed by atoms with Gasteiger partial charge in [0.25, 0.3) is 0 Å². The van der Waals surface area contributed by atoms with Crippen molar-refractivity contribution in [1.29, 1.82) is 0 Å². The van der Waals surface area contributed by atoms with Crippen LogP contribution in [0.1, 0.15) is 18.2 Å². The van der Waals surface area contributed by atoms with E-state index < -0.39 is 0 Å². The summed E-state index contributed by atoms with van der Waals surface area (Å²) in [6.07, 6.45) is 3.99. The lowest BCUT2D eigenvalue weighted by Gasteiger charge is -2.15. The van der Waals surface area contributed by atoms with Gasteiger partial charge in [0.05, 0.1) is 0 Å². The summed E-state index contributed by atoms with van der Waals surface area (Å²) in [4.78, 5) is 5.84. The molecule has 1 N–H and O–H groups in total. The van der Waals surface area contributed by atoms with Crippen molar-refractivity contribution < 1.29 is 0 Å². The van der Waals surface area contributed by atoms with Gasteiger partial charge in [-0.3, -0.25) is 4.98 Å². The Labute approximate surface area is 139 Å². The van der Waals surface area contributed by atoms with E-state index in [4.69, 9.17) is 0 Å². The van der Waals surface area contributed by atoms with E-state index >= 15 is 0 Å². The van der Waals surface area contributed by atoms with Crippen molar-refractivity contribution in [1.82, 2.24) is 10.3 Å². The zero-order valence-electron chi connectivity index (χ0n) is 12.5. The zero-order valence-corrected chi connectivity index (χ0v) is 14.9. The number of pyridine rings is 1. The van der Waals surface area contributed by atoms with Crippen molar-refractivity contribution in [2.45, 2.75) is 30.7 Å². The predicted octanol–water partition coefficient (Wildman–Crippen LogP) is 4.33. The van der Waals surface area contributed by atoms with Crippen LogP contribution in [0.25, 0.3) is 0 Å². The third-order valence-corrected chi connectivity index (χ3v) is 5.05. The van der Waals surface area contributed by atoms with E-state index in [9.17, 15) is 0 Å². The highest BCUT2D eigenvalue weighted by atomic mass is 79.9. The molecule has 0 radical (unpaired) electrons. The van der Waals surface area contributed by atoms with Crippen LogP contribution < -0.4 is 5.32 Å². The van der Waals surface area contributed by atoms with Gasteiger partial charge in [0.15, 0.2) is 0 Å². The van der Waals surface area contributed by atoms with Gasteiger partial charge in [0.1, 0.15) is 0 Å². The second-order valence-corrected chi connectivity index (χ2v) is 6.98. The van der Waals surface area contributed by atoms with Crippen molar-refractivity contribution in [3.05, 3.63) is 58.3 Å². The molecule has 1 aromatic carbocycles. The number of hydrogen-bond acceptors (Lipinski definition) is 3. The highest BCUT2D eigenvalue weighted by Gasteiger charge is 2.09. The lowest BCUT2D eigenvalue weighted by molar-refractivity contribution is 0.608. The summed E-state index contributed by atoms with van der Waals surface area (Å²) < 4.78 is 1.13. The molecule has 1 aromatic heterocycles. The molecule has 0 saturated heterocycles. The van der Waals surface area contributed by atoms with Crippen LogP contribution in [0.2, 0.25) is 0 Å². The zero-order chi connectivity index (χ0) is 15.1. The third-order valence-electron chi connectivity index (χ3n) is 3.41. The quantitative estimate of drug-likeness (QED) is 0.740. The van der Waals surface area contributed by atoms with Crippen molar-refractivity contribution in [3.8, 4) is 0 Å². The predicted molar refractivity (Wildman–Crippen MR) is 95.0 cm³/mol. The Bertz CT molecular complexity index is 557. The van der Waals surface area contributed by atoms with Crippen molar-refractivity contribution in [2.24, 2.45) is 0 Å². The number of rotatable bonds is 7. The number of benzene rings is 1. The average Bonchev–Trinajstić information content (AvgIpc) is 2.52. The van der Waals surface area contributed by atoms with Gasteiger partial charge in [-0.2, -0.15) is 0 Å². The van der Waals surface area contributed by atoms with Crippen molar-refractivity contribution in [2.75, 3.05) is 12.8 Å². The molecule has 1 heterocycles. The number of thioether (sulfide) groups is 1. The maximum Gasteiger partial charge on any atom is 0.0419 e. The molecule has 112 valence electrons. The molecule has 0 amide bonds. The molecule has 0 aliphatic heterocycles. The molecular formula is C17H21BrN2S.